The van der Waals surface area contributed by atoms with E-state index in [0.29, 0.717) is 26.1 Å². The minimum absolute atomic E-state index is 0.129. The van der Waals surface area contributed by atoms with Crippen molar-refractivity contribution in [3.05, 3.63) is 29.8 Å². The van der Waals surface area contributed by atoms with E-state index in [4.69, 9.17) is 10.5 Å². The molecule has 1 aliphatic rings. The molecule has 0 atom stereocenters. The minimum Gasteiger partial charge on any atom is -0.492 e. The summed E-state index contributed by atoms with van der Waals surface area (Å²) < 4.78 is 5.75. The average Bonchev–Trinajstić information content (AvgIpc) is 2.70. The minimum atomic E-state index is 0.129. The van der Waals surface area contributed by atoms with Crippen LogP contribution in [0, 0.1) is 11.8 Å². The Morgan fingerprint density at radius 2 is 2.29 bits per heavy atom. The third-order valence-corrected chi connectivity index (χ3v) is 3.25. The Balaban J connectivity index is 1.79. The summed E-state index contributed by atoms with van der Waals surface area (Å²) >= 11 is 0. The molecule has 1 aliphatic heterocycles. The van der Waals surface area contributed by atoms with Gasteiger partial charge in [0, 0.05) is 38.2 Å². The van der Waals surface area contributed by atoms with Crippen molar-refractivity contribution in [3.63, 3.8) is 0 Å². The van der Waals surface area contributed by atoms with Crippen molar-refractivity contribution < 1.29 is 9.53 Å². The fourth-order valence-corrected chi connectivity index (χ4v) is 2.15. The summed E-state index contributed by atoms with van der Waals surface area (Å²) in [5.74, 6) is 6.75. The van der Waals surface area contributed by atoms with Gasteiger partial charge in [0.15, 0.2) is 0 Å². The van der Waals surface area contributed by atoms with Crippen LogP contribution in [0.1, 0.15) is 12.0 Å². The van der Waals surface area contributed by atoms with Gasteiger partial charge in [0.2, 0.25) is 5.91 Å². The first kappa shape index (κ1) is 15.4. The first-order chi connectivity index (χ1) is 10.3. The normalized spacial score (nSPS) is 15.6. The summed E-state index contributed by atoms with van der Waals surface area (Å²) in [5.41, 5.74) is 6.27. The Hall–Kier alpha value is -2.03. The predicted molar refractivity (Wildman–Crippen MR) is 81.9 cm³/mol. The van der Waals surface area contributed by atoms with Gasteiger partial charge in [-0.15, -0.1) is 0 Å². The summed E-state index contributed by atoms with van der Waals surface area (Å²) in [7, 11) is 0. The second-order valence-corrected chi connectivity index (χ2v) is 4.82. The highest BCUT2D eigenvalue weighted by Gasteiger charge is 2.12. The quantitative estimate of drug-likeness (QED) is 0.776. The number of rotatable bonds is 4. The van der Waals surface area contributed by atoms with Gasteiger partial charge < -0.3 is 15.8 Å². The van der Waals surface area contributed by atoms with Crippen molar-refractivity contribution in [2.45, 2.75) is 6.42 Å². The highest BCUT2D eigenvalue weighted by Crippen LogP contribution is 2.12. The maximum absolute atomic E-state index is 11.3. The molecular formula is C16H21N3O2. The predicted octanol–water partition coefficient (Wildman–Crippen LogP) is 0.197. The maximum Gasteiger partial charge on any atom is 0.221 e. The van der Waals surface area contributed by atoms with Gasteiger partial charge in [-0.2, -0.15) is 0 Å². The Bertz CT molecular complexity index is 534. The molecule has 1 fully saturated rings. The number of carbonyl (C=O) groups excluding carboxylic acids is 1. The molecular weight excluding hydrogens is 266 g/mol. The zero-order valence-electron chi connectivity index (χ0n) is 12.1. The van der Waals surface area contributed by atoms with E-state index in [0.717, 1.165) is 30.9 Å². The highest BCUT2D eigenvalue weighted by atomic mass is 16.5. The first-order valence-corrected chi connectivity index (χ1v) is 7.19. The van der Waals surface area contributed by atoms with Crippen LogP contribution in [0.5, 0.6) is 5.75 Å². The molecule has 2 rings (SSSR count). The van der Waals surface area contributed by atoms with Gasteiger partial charge in [0.25, 0.3) is 0 Å². The molecule has 5 heteroatoms. The second-order valence-electron chi connectivity index (χ2n) is 4.82. The van der Waals surface area contributed by atoms with Crippen molar-refractivity contribution in [1.29, 1.82) is 0 Å². The SMILES string of the molecule is NCC#Cc1cccc(OCCN2CCNC(=O)CC2)c1. The van der Waals surface area contributed by atoms with Crippen LogP contribution in [0.15, 0.2) is 24.3 Å². The molecule has 5 nitrogen and oxygen atoms in total. The summed E-state index contributed by atoms with van der Waals surface area (Å²) in [6.07, 6.45) is 0.560. The third kappa shape index (κ3) is 5.46. The largest absolute Gasteiger partial charge is 0.492 e. The number of ether oxygens (including phenoxy) is 1. The lowest BCUT2D eigenvalue weighted by Gasteiger charge is -2.18. The van der Waals surface area contributed by atoms with Crippen LogP contribution in [0.3, 0.4) is 0 Å². The number of nitrogens with two attached hydrogens (primary N) is 1. The van der Waals surface area contributed by atoms with Gasteiger partial charge in [-0.05, 0) is 18.2 Å². The van der Waals surface area contributed by atoms with Crippen molar-refractivity contribution in [2.75, 3.05) is 39.3 Å². The molecule has 0 bridgehead atoms. The molecule has 21 heavy (non-hydrogen) atoms. The van der Waals surface area contributed by atoms with Crippen LogP contribution in [-0.4, -0.2) is 50.1 Å². The number of nitrogens with zero attached hydrogens (tertiary/aromatic N) is 1. The molecule has 0 unspecified atom stereocenters. The topological polar surface area (TPSA) is 67.6 Å². The van der Waals surface area contributed by atoms with Crippen LogP contribution >= 0.6 is 0 Å². The van der Waals surface area contributed by atoms with Gasteiger partial charge in [-0.25, -0.2) is 0 Å². The number of hydrogen-bond acceptors (Lipinski definition) is 4. The average molecular weight is 287 g/mol. The molecule has 0 aromatic heterocycles. The molecule has 1 amide bonds. The summed E-state index contributed by atoms with van der Waals surface area (Å²) in [4.78, 5) is 13.5. The maximum atomic E-state index is 11.3. The van der Waals surface area contributed by atoms with E-state index in [2.05, 4.69) is 22.1 Å². The van der Waals surface area contributed by atoms with Gasteiger partial charge in [-0.1, -0.05) is 17.9 Å². The molecule has 1 saturated heterocycles. The summed E-state index contributed by atoms with van der Waals surface area (Å²) in [6.45, 7) is 4.14. The molecule has 0 aliphatic carbocycles. The van der Waals surface area contributed by atoms with E-state index in [1.165, 1.54) is 0 Å². The zero-order valence-corrected chi connectivity index (χ0v) is 12.1. The van der Waals surface area contributed by atoms with Crippen molar-refractivity contribution in [3.8, 4) is 17.6 Å². The Morgan fingerprint density at radius 3 is 3.14 bits per heavy atom. The van der Waals surface area contributed by atoms with Crippen LogP contribution in [0.25, 0.3) is 0 Å². The van der Waals surface area contributed by atoms with Crippen molar-refractivity contribution >= 4 is 5.91 Å². The van der Waals surface area contributed by atoms with E-state index < -0.39 is 0 Å². The Kier molecular flexibility index (Phi) is 6.07. The summed E-state index contributed by atoms with van der Waals surface area (Å²) in [5, 5.41) is 2.86. The number of carbonyl (C=O) groups is 1. The monoisotopic (exact) mass is 287 g/mol. The third-order valence-electron chi connectivity index (χ3n) is 3.25. The number of benzene rings is 1. The van der Waals surface area contributed by atoms with Crippen LogP contribution in [-0.2, 0) is 4.79 Å². The van der Waals surface area contributed by atoms with Gasteiger partial charge >= 0.3 is 0 Å². The number of nitrogens with one attached hydrogen (secondary N) is 1. The smallest absolute Gasteiger partial charge is 0.221 e. The zero-order chi connectivity index (χ0) is 14.9. The van der Waals surface area contributed by atoms with E-state index in [-0.39, 0.29) is 5.91 Å². The molecule has 3 N–H and O–H groups in total. The van der Waals surface area contributed by atoms with Gasteiger partial charge in [-0.3, -0.25) is 9.69 Å². The van der Waals surface area contributed by atoms with Crippen molar-refractivity contribution in [1.82, 2.24) is 10.2 Å². The van der Waals surface area contributed by atoms with Crippen LogP contribution in [0.2, 0.25) is 0 Å². The van der Waals surface area contributed by atoms with Gasteiger partial charge in [0.1, 0.15) is 12.4 Å². The molecule has 112 valence electrons. The Morgan fingerprint density at radius 1 is 1.38 bits per heavy atom. The van der Waals surface area contributed by atoms with E-state index >= 15 is 0 Å². The molecule has 1 heterocycles. The van der Waals surface area contributed by atoms with Crippen LogP contribution in [0.4, 0.5) is 0 Å². The fourth-order valence-electron chi connectivity index (χ4n) is 2.15. The van der Waals surface area contributed by atoms with E-state index in [1.807, 2.05) is 24.3 Å². The Labute approximate surface area is 125 Å². The van der Waals surface area contributed by atoms with E-state index in [9.17, 15) is 4.79 Å². The number of amides is 1. The van der Waals surface area contributed by atoms with Gasteiger partial charge in [0.05, 0.1) is 6.54 Å². The standard InChI is InChI=1S/C16H21N3O2/c17-7-2-4-14-3-1-5-15(13-14)21-12-11-19-9-6-16(20)18-8-10-19/h1,3,5,13H,6-12,17H2,(H,18,20). The second kappa shape index (κ2) is 8.30. The molecule has 0 saturated carbocycles. The molecule has 0 radical (unpaired) electrons. The molecule has 1 aromatic carbocycles. The lowest BCUT2D eigenvalue weighted by molar-refractivity contribution is -0.120. The fraction of sp³-hybridized carbons (Fsp3) is 0.438. The molecule has 1 aromatic rings. The number of hydrogen-bond donors (Lipinski definition) is 2. The molecule has 0 spiro atoms. The van der Waals surface area contributed by atoms with Crippen LogP contribution < -0.4 is 15.8 Å². The summed E-state index contributed by atoms with van der Waals surface area (Å²) in [6, 6.07) is 7.68. The van der Waals surface area contributed by atoms with Crippen molar-refractivity contribution in [2.24, 2.45) is 5.73 Å². The highest BCUT2D eigenvalue weighted by molar-refractivity contribution is 5.76. The first-order valence-electron chi connectivity index (χ1n) is 7.19. The lowest BCUT2D eigenvalue weighted by atomic mass is 10.2. The van der Waals surface area contributed by atoms with E-state index in [1.54, 1.807) is 0 Å². The lowest BCUT2D eigenvalue weighted by Crippen LogP contribution is -2.32.